The first kappa shape index (κ1) is 18.0. The topological polar surface area (TPSA) is 99.6 Å². The lowest BCUT2D eigenvalue weighted by molar-refractivity contribution is -0.385. The summed E-state index contributed by atoms with van der Waals surface area (Å²) < 4.78 is 7.83. The maximum atomic E-state index is 12.8. The Balaban J connectivity index is 1.43. The third-order valence-corrected chi connectivity index (χ3v) is 5.45. The van der Waals surface area contributed by atoms with Gasteiger partial charge in [-0.15, -0.1) is 0 Å². The molecule has 0 amide bonds. The summed E-state index contributed by atoms with van der Waals surface area (Å²) in [5, 5.41) is 10.7. The number of hydrogen-bond donors (Lipinski definition) is 0. The Morgan fingerprint density at radius 2 is 1.87 bits per heavy atom. The number of nitrogens with zero attached hydrogens (tertiary/aromatic N) is 4. The number of fused-ring (bicyclic) bond motifs is 3. The Labute approximate surface area is 172 Å². The molecule has 0 aliphatic carbocycles. The van der Waals surface area contributed by atoms with Gasteiger partial charge >= 0.3 is 0 Å². The fourth-order valence-electron chi connectivity index (χ4n) is 3.06. The molecule has 3 heterocycles. The SMILES string of the molecule is O=c1c(=Cc2ccc(Oc3ccc([N+](=O)[O-])cn3)cc2)sc2nc3ccccc3n12. The number of rotatable bonds is 4. The molecular weight excluding hydrogens is 404 g/mol. The number of hydrogen-bond acceptors (Lipinski definition) is 7. The van der Waals surface area contributed by atoms with E-state index in [0.717, 1.165) is 22.8 Å². The molecule has 0 atom stereocenters. The number of thiazole rings is 1. The van der Waals surface area contributed by atoms with E-state index in [4.69, 9.17) is 4.74 Å². The van der Waals surface area contributed by atoms with Crippen molar-refractivity contribution in [1.82, 2.24) is 14.4 Å². The van der Waals surface area contributed by atoms with Crippen LogP contribution in [0.4, 0.5) is 5.69 Å². The van der Waals surface area contributed by atoms with Gasteiger partial charge < -0.3 is 4.74 Å². The fourth-order valence-corrected chi connectivity index (χ4v) is 4.04. The van der Waals surface area contributed by atoms with Crippen molar-refractivity contribution in [2.24, 2.45) is 0 Å². The van der Waals surface area contributed by atoms with Gasteiger partial charge in [0.2, 0.25) is 5.88 Å². The molecule has 5 rings (SSSR count). The molecule has 0 spiro atoms. The van der Waals surface area contributed by atoms with E-state index in [1.165, 1.54) is 23.5 Å². The number of ether oxygens (including phenoxy) is 1. The summed E-state index contributed by atoms with van der Waals surface area (Å²) >= 11 is 1.34. The van der Waals surface area contributed by atoms with Crippen molar-refractivity contribution in [3.63, 3.8) is 0 Å². The number of nitro groups is 1. The normalized spacial score (nSPS) is 11.9. The molecule has 3 aromatic heterocycles. The van der Waals surface area contributed by atoms with Crippen LogP contribution < -0.4 is 14.8 Å². The van der Waals surface area contributed by atoms with Gasteiger partial charge in [-0.05, 0) is 35.9 Å². The quantitative estimate of drug-likeness (QED) is 0.328. The van der Waals surface area contributed by atoms with Crippen LogP contribution in [0, 0.1) is 10.1 Å². The van der Waals surface area contributed by atoms with E-state index in [-0.39, 0.29) is 17.1 Å². The zero-order valence-corrected chi connectivity index (χ0v) is 16.1. The molecule has 0 aliphatic heterocycles. The van der Waals surface area contributed by atoms with Gasteiger partial charge in [0.15, 0.2) is 4.96 Å². The van der Waals surface area contributed by atoms with Crippen molar-refractivity contribution in [3.05, 3.63) is 97.4 Å². The summed E-state index contributed by atoms with van der Waals surface area (Å²) in [5.74, 6) is 0.786. The van der Waals surface area contributed by atoms with E-state index in [0.29, 0.717) is 15.2 Å². The zero-order chi connectivity index (χ0) is 20.7. The van der Waals surface area contributed by atoms with Crippen LogP contribution in [0.3, 0.4) is 0 Å². The molecule has 146 valence electrons. The summed E-state index contributed by atoms with van der Waals surface area (Å²) in [7, 11) is 0. The molecule has 0 fully saturated rings. The minimum atomic E-state index is -0.518. The number of imidazole rings is 1. The number of aromatic nitrogens is 3. The second-order valence-corrected chi connectivity index (χ2v) is 7.43. The first-order chi connectivity index (χ1) is 14.6. The highest BCUT2D eigenvalue weighted by Crippen LogP contribution is 2.22. The maximum absolute atomic E-state index is 12.8. The number of benzene rings is 2. The average molecular weight is 416 g/mol. The molecule has 0 bridgehead atoms. The molecule has 8 nitrogen and oxygen atoms in total. The van der Waals surface area contributed by atoms with Gasteiger partial charge in [-0.1, -0.05) is 35.6 Å². The highest BCUT2D eigenvalue weighted by Gasteiger charge is 2.10. The first-order valence-corrected chi connectivity index (χ1v) is 9.70. The Bertz CT molecular complexity index is 1510. The summed E-state index contributed by atoms with van der Waals surface area (Å²) in [6.07, 6.45) is 2.95. The molecular formula is C21H12N4O4S. The number of pyridine rings is 1. The third kappa shape index (κ3) is 3.16. The van der Waals surface area contributed by atoms with Crippen LogP contribution in [0.1, 0.15) is 5.56 Å². The van der Waals surface area contributed by atoms with Crippen molar-refractivity contribution in [3.8, 4) is 11.6 Å². The predicted octanol–water partition coefficient (Wildman–Crippen LogP) is 3.55. The van der Waals surface area contributed by atoms with Gasteiger partial charge in [0, 0.05) is 12.1 Å². The highest BCUT2D eigenvalue weighted by molar-refractivity contribution is 7.15. The van der Waals surface area contributed by atoms with Crippen molar-refractivity contribution >= 4 is 39.1 Å². The van der Waals surface area contributed by atoms with Gasteiger partial charge in [0.1, 0.15) is 11.9 Å². The smallest absolute Gasteiger partial charge is 0.287 e. The minimum absolute atomic E-state index is 0.0980. The van der Waals surface area contributed by atoms with Gasteiger partial charge in [0.05, 0.1) is 20.5 Å². The van der Waals surface area contributed by atoms with Gasteiger partial charge in [-0.3, -0.25) is 14.9 Å². The van der Waals surface area contributed by atoms with E-state index >= 15 is 0 Å². The van der Waals surface area contributed by atoms with Crippen molar-refractivity contribution in [2.75, 3.05) is 0 Å². The van der Waals surface area contributed by atoms with Crippen LogP contribution in [0.15, 0.2) is 71.7 Å². The van der Waals surface area contributed by atoms with Crippen LogP contribution in [0.5, 0.6) is 11.6 Å². The molecule has 5 aromatic rings. The van der Waals surface area contributed by atoms with Crippen LogP contribution in [-0.4, -0.2) is 19.3 Å². The van der Waals surface area contributed by atoms with Crippen LogP contribution in [-0.2, 0) is 0 Å². The van der Waals surface area contributed by atoms with E-state index in [9.17, 15) is 14.9 Å². The highest BCUT2D eigenvalue weighted by atomic mass is 32.1. The van der Waals surface area contributed by atoms with E-state index < -0.39 is 4.92 Å². The Hall–Kier alpha value is -4.11. The van der Waals surface area contributed by atoms with Crippen molar-refractivity contribution in [1.29, 1.82) is 0 Å². The molecule has 30 heavy (non-hydrogen) atoms. The van der Waals surface area contributed by atoms with E-state index in [1.807, 2.05) is 42.5 Å². The van der Waals surface area contributed by atoms with Crippen molar-refractivity contribution in [2.45, 2.75) is 0 Å². The predicted molar refractivity (Wildman–Crippen MR) is 113 cm³/mol. The molecule has 0 N–H and O–H groups in total. The second kappa shape index (κ2) is 7.05. The molecule has 0 saturated carbocycles. The molecule has 0 radical (unpaired) electrons. The molecule has 0 unspecified atom stereocenters. The van der Waals surface area contributed by atoms with Crippen LogP contribution >= 0.6 is 11.3 Å². The third-order valence-electron chi connectivity index (χ3n) is 4.48. The number of para-hydroxylation sites is 2. The van der Waals surface area contributed by atoms with Crippen molar-refractivity contribution < 1.29 is 9.66 Å². The first-order valence-electron chi connectivity index (χ1n) is 8.88. The molecule has 0 aliphatic rings. The lowest BCUT2D eigenvalue weighted by Crippen LogP contribution is -2.22. The summed E-state index contributed by atoms with van der Waals surface area (Å²) in [5.41, 5.74) is 2.24. The van der Waals surface area contributed by atoms with E-state index in [1.54, 1.807) is 16.5 Å². The fraction of sp³-hybridized carbons (Fsp3) is 0. The maximum Gasteiger partial charge on any atom is 0.287 e. The van der Waals surface area contributed by atoms with Gasteiger partial charge in [-0.25, -0.2) is 14.4 Å². The van der Waals surface area contributed by atoms with Crippen LogP contribution in [0.2, 0.25) is 0 Å². The van der Waals surface area contributed by atoms with E-state index in [2.05, 4.69) is 9.97 Å². The molecule has 9 heteroatoms. The Morgan fingerprint density at radius 3 is 2.60 bits per heavy atom. The summed E-state index contributed by atoms with van der Waals surface area (Å²) in [6, 6.07) is 17.4. The summed E-state index contributed by atoms with van der Waals surface area (Å²) in [6.45, 7) is 0. The average Bonchev–Trinajstić information content (AvgIpc) is 3.26. The Kier molecular flexibility index (Phi) is 4.22. The monoisotopic (exact) mass is 416 g/mol. The molecule has 0 saturated heterocycles. The standard InChI is InChI=1S/C21H12N4O4S/c26-20-18(30-21-23-16-3-1-2-4-17(16)24(20)21)11-13-5-8-15(9-6-13)29-19-10-7-14(12-22-19)25(27)28/h1-12H. The summed E-state index contributed by atoms with van der Waals surface area (Å²) in [4.78, 5) is 32.1. The van der Waals surface area contributed by atoms with Gasteiger partial charge in [0.25, 0.3) is 11.2 Å². The zero-order valence-electron chi connectivity index (χ0n) is 15.3. The van der Waals surface area contributed by atoms with Gasteiger partial charge in [-0.2, -0.15) is 0 Å². The Morgan fingerprint density at radius 1 is 1.07 bits per heavy atom. The molecule has 2 aromatic carbocycles. The second-order valence-electron chi connectivity index (χ2n) is 6.42. The lowest BCUT2D eigenvalue weighted by Gasteiger charge is -2.04. The lowest BCUT2D eigenvalue weighted by atomic mass is 10.2. The minimum Gasteiger partial charge on any atom is -0.439 e. The largest absolute Gasteiger partial charge is 0.439 e. The van der Waals surface area contributed by atoms with Crippen LogP contribution in [0.25, 0.3) is 22.1 Å².